The predicted octanol–water partition coefficient (Wildman–Crippen LogP) is -4.72. The van der Waals surface area contributed by atoms with Crippen molar-refractivity contribution in [3.63, 3.8) is 0 Å². The molecular formula is C8H14Li2O. The van der Waals surface area contributed by atoms with Gasteiger partial charge < -0.3 is 12.0 Å². The Bertz CT molecular complexity index is 90.1. The van der Waals surface area contributed by atoms with Gasteiger partial charge in [0.05, 0.1) is 0 Å². The van der Waals surface area contributed by atoms with Crippen LogP contribution in [0, 0.1) is 6.92 Å². The average Bonchev–Trinajstić information content (AvgIpc) is 1.90. The SMILES string of the molecule is [CH2-]CC1([O-])CCCCC1.[Li+].[Li+]. The monoisotopic (exact) mass is 140 g/mol. The third kappa shape index (κ3) is 4.67. The zero-order valence-corrected chi connectivity index (χ0v) is 7.86. The van der Waals surface area contributed by atoms with E-state index < -0.39 is 5.60 Å². The van der Waals surface area contributed by atoms with E-state index in [1.54, 1.807) is 0 Å². The Balaban J connectivity index is 0. The van der Waals surface area contributed by atoms with Crippen molar-refractivity contribution in [3.05, 3.63) is 6.92 Å². The van der Waals surface area contributed by atoms with Crippen LogP contribution in [-0.4, -0.2) is 5.60 Å². The van der Waals surface area contributed by atoms with Gasteiger partial charge in [0.2, 0.25) is 0 Å². The van der Waals surface area contributed by atoms with E-state index >= 15 is 0 Å². The van der Waals surface area contributed by atoms with Gasteiger partial charge in [0, 0.05) is 0 Å². The molecule has 0 bridgehead atoms. The maximum absolute atomic E-state index is 11.4. The summed E-state index contributed by atoms with van der Waals surface area (Å²) in [6, 6.07) is 0. The van der Waals surface area contributed by atoms with Crippen LogP contribution in [0.15, 0.2) is 0 Å². The quantitative estimate of drug-likeness (QED) is 0.265. The van der Waals surface area contributed by atoms with Crippen LogP contribution in [0.3, 0.4) is 0 Å². The van der Waals surface area contributed by atoms with E-state index in [1.165, 1.54) is 6.42 Å². The van der Waals surface area contributed by atoms with Crippen LogP contribution in [0.25, 0.3) is 0 Å². The molecule has 0 aromatic carbocycles. The van der Waals surface area contributed by atoms with Crippen molar-refractivity contribution in [2.75, 3.05) is 0 Å². The summed E-state index contributed by atoms with van der Waals surface area (Å²) in [6.07, 6.45) is 5.79. The standard InChI is InChI=1S/C8H14O.2Li/c1-2-8(9)6-4-3-5-7-8;;/h1-7H2;;/q-2;2*+1. The molecule has 0 aliphatic heterocycles. The number of hydrogen-bond donors (Lipinski definition) is 0. The molecule has 1 saturated carbocycles. The third-order valence-electron chi connectivity index (χ3n) is 2.22. The second-order valence-electron chi connectivity index (χ2n) is 2.99. The van der Waals surface area contributed by atoms with Gasteiger partial charge >= 0.3 is 37.7 Å². The molecule has 0 heterocycles. The molecule has 0 aromatic heterocycles. The Morgan fingerprint density at radius 1 is 1.09 bits per heavy atom. The summed E-state index contributed by atoms with van der Waals surface area (Å²) < 4.78 is 0. The van der Waals surface area contributed by atoms with Crippen LogP contribution in [0.4, 0.5) is 0 Å². The summed E-state index contributed by atoms with van der Waals surface area (Å²) in [5.74, 6) is 0. The van der Waals surface area contributed by atoms with E-state index in [4.69, 9.17) is 0 Å². The molecule has 0 saturated heterocycles. The fourth-order valence-corrected chi connectivity index (χ4v) is 1.45. The van der Waals surface area contributed by atoms with Crippen LogP contribution in [0.5, 0.6) is 0 Å². The second kappa shape index (κ2) is 6.65. The van der Waals surface area contributed by atoms with Crippen molar-refractivity contribution in [2.45, 2.75) is 44.1 Å². The molecule has 0 atom stereocenters. The van der Waals surface area contributed by atoms with Gasteiger partial charge in [0.15, 0.2) is 0 Å². The maximum Gasteiger partial charge on any atom is 1.00 e. The van der Waals surface area contributed by atoms with Crippen molar-refractivity contribution < 1.29 is 42.8 Å². The van der Waals surface area contributed by atoms with Crippen molar-refractivity contribution in [2.24, 2.45) is 0 Å². The van der Waals surface area contributed by atoms with Gasteiger partial charge in [-0.3, -0.25) is 0 Å². The Labute approximate surface area is 93.7 Å². The molecule has 0 radical (unpaired) electrons. The topological polar surface area (TPSA) is 23.1 Å². The first-order chi connectivity index (χ1) is 4.27. The Kier molecular flexibility index (Phi) is 8.86. The number of rotatable bonds is 1. The van der Waals surface area contributed by atoms with Gasteiger partial charge in [-0.15, -0.1) is 5.60 Å². The van der Waals surface area contributed by atoms with Crippen LogP contribution >= 0.6 is 0 Å². The van der Waals surface area contributed by atoms with Crippen molar-refractivity contribution in [1.29, 1.82) is 0 Å². The molecule has 3 heteroatoms. The van der Waals surface area contributed by atoms with Gasteiger partial charge in [-0.05, 0) is 0 Å². The summed E-state index contributed by atoms with van der Waals surface area (Å²) in [5.41, 5.74) is -0.641. The van der Waals surface area contributed by atoms with E-state index in [-0.39, 0.29) is 37.7 Å². The third-order valence-corrected chi connectivity index (χ3v) is 2.22. The molecule has 1 fully saturated rings. The molecule has 11 heavy (non-hydrogen) atoms. The summed E-state index contributed by atoms with van der Waals surface area (Å²) in [5, 5.41) is 11.4. The van der Waals surface area contributed by atoms with Crippen molar-refractivity contribution in [3.8, 4) is 0 Å². The first-order valence-electron chi connectivity index (χ1n) is 3.76. The normalized spacial score (nSPS) is 21.3. The number of hydrogen-bond acceptors (Lipinski definition) is 1. The molecular weight excluding hydrogens is 126 g/mol. The van der Waals surface area contributed by atoms with Crippen LogP contribution in [-0.2, 0) is 0 Å². The van der Waals surface area contributed by atoms with E-state index in [2.05, 4.69) is 6.92 Å². The van der Waals surface area contributed by atoms with Gasteiger partial charge in [0.25, 0.3) is 0 Å². The zero-order valence-electron chi connectivity index (χ0n) is 7.86. The first kappa shape index (κ1) is 14.7. The van der Waals surface area contributed by atoms with E-state index in [0.717, 1.165) is 25.7 Å². The van der Waals surface area contributed by atoms with E-state index in [1.807, 2.05) is 0 Å². The first-order valence-corrected chi connectivity index (χ1v) is 3.76. The van der Waals surface area contributed by atoms with E-state index in [0.29, 0.717) is 6.42 Å². The van der Waals surface area contributed by atoms with Crippen LogP contribution in [0.2, 0.25) is 0 Å². The maximum atomic E-state index is 11.4. The summed E-state index contributed by atoms with van der Waals surface area (Å²) in [6.45, 7) is 3.67. The largest absolute Gasteiger partial charge is 1.00 e. The molecule has 1 aliphatic carbocycles. The molecule has 0 amide bonds. The Morgan fingerprint density at radius 2 is 1.55 bits per heavy atom. The van der Waals surface area contributed by atoms with Crippen LogP contribution < -0.4 is 42.8 Å². The minimum Gasteiger partial charge on any atom is -0.851 e. The predicted molar refractivity (Wildman–Crippen MR) is 35.8 cm³/mol. The smallest absolute Gasteiger partial charge is 0.851 e. The second-order valence-corrected chi connectivity index (χ2v) is 2.99. The Morgan fingerprint density at radius 3 is 1.82 bits per heavy atom. The summed E-state index contributed by atoms with van der Waals surface area (Å²) in [4.78, 5) is 0. The van der Waals surface area contributed by atoms with Crippen LogP contribution in [0.1, 0.15) is 38.5 Å². The molecule has 0 N–H and O–H groups in total. The minimum absolute atomic E-state index is 0. The molecule has 0 unspecified atom stereocenters. The van der Waals surface area contributed by atoms with Crippen molar-refractivity contribution in [1.82, 2.24) is 0 Å². The fraction of sp³-hybridized carbons (Fsp3) is 0.875. The average molecular weight is 140 g/mol. The zero-order chi connectivity index (χ0) is 6.74. The van der Waals surface area contributed by atoms with Gasteiger partial charge in [-0.2, -0.15) is 6.42 Å². The minimum atomic E-state index is -0.641. The molecule has 0 aromatic rings. The molecule has 1 aliphatic rings. The van der Waals surface area contributed by atoms with Gasteiger partial charge in [-0.1, -0.05) is 32.1 Å². The van der Waals surface area contributed by atoms with Gasteiger partial charge in [0.1, 0.15) is 0 Å². The van der Waals surface area contributed by atoms with Crippen molar-refractivity contribution >= 4 is 0 Å². The van der Waals surface area contributed by atoms with E-state index in [9.17, 15) is 5.11 Å². The molecule has 1 nitrogen and oxygen atoms in total. The van der Waals surface area contributed by atoms with Gasteiger partial charge in [-0.25, -0.2) is 0 Å². The fourth-order valence-electron chi connectivity index (χ4n) is 1.45. The Hall–Kier alpha value is 1.15. The summed E-state index contributed by atoms with van der Waals surface area (Å²) in [7, 11) is 0. The molecule has 1 rings (SSSR count). The molecule has 54 valence electrons. The summed E-state index contributed by atoms with van der Waals surface area (Å²) >= 11 is 0. The molecule has 0 spiro atoms.